The van der Waals surface area contributed by atoms with Crippen molar-refractivity contribution in [3.05, 3.63) is 37.7 Å². The van der Waals surface area contributed by atoms with Crippen molar-refractivity contribution in [2.45, 2.75) is 13.5 Å². The third-order valence-electron chi connectivity index (χ3n) is 3.82. The molecule has 1 aliphatic heterocycles. The fraction of sp³-hybridized carbons (Fsp3) is 0.500. The molecule has 0 bridgehead atoms. The van der Waals surface area contributed by atoms with E-state index in [0.717, 1.165) is 49.1 Å². The molecule has 1 aliphatic rings. The standard InChI is InChI=1S/C14H18ClN5OS/c1-10-17-11(9-22-10)8-19-3-5-20(6-4-19)12-7-16-18(2)14(21)13(12)15/h7,9H,3-6,8H2,1-2H3. The van der Waals surface area contributed by atoms with Crippen LogP contribution in [0.2, 0.25) is 5.02 Å². The summed E-state index contributed by atoms with van der Waals surface area (Å²) < 4.78 is 1.26. The Labute approximate surface area is 137 Å². The van der Waals surface area contributed by atoms with Gasteiger partial charge in [0.05, 0.1) is 22.6 Å². The largest absolute Gasteiger partial charge is 0.366 e. The molecule has 2 aromatic heterocycles. The van der Waals surface area contributed by atoms with E-state index in [0.29, 0.717) is 0 Å². The summed E-state index contributed by atoms with van der Waals surface area (Å²) in [6, 6.07) is 0. The number of thiazole rings is 1. The Hall–Kier alpha value is -1.44. The zero-order valence-corrected chi connectivity index (χ0v) is 14.2. The molecule has 0 N–H and O–H groups in total. The van der Waals surface area contributed by atoms with Crippen LogP contribution in [0.4, 0.5) is 5.69 Å². The van der Waals surface area contributed by atoms with E-state index in [9.17, 15) is 4.79 Å². The second-order valence-corrected chi connectivity index (χ2v) is 6.83. The van der Waals surface area contributed by atoms with Crippen molar-refractivity contribution in [1.82, 2.24) is 19.7 Å². The fourth-order valence-electron chi connectivity index (χ4n) is 2.58. The van der Waals surface area contributed by atoms with Crippen LogP contribution in [0.25, 0.3) is 0 Å². The monoisotopic (exact) mass is 339 g/mol. The van der Waals surface area contributed by atoms with Gasteiger partial charge in [0.1, 0.15) is 5.02 Å². The Balaban J connectivity index is 1.64. The van der Waals surface area contributed by atoms with E-state index in [1.54, 1.807) is 24.6 Å². The second-order valence-electron chi connectivity index (χ2n) is 5.39. The third-order valence-corrected chi connectivity index (χ3v) is 5.00. The van der Waals surface area contributed by atoms with Crippen molar-refractivity contribution in [2.24, 2.45) is 7.05 Å². The maximum absolute atomic E-state index is 11.9. The van der Waals surface area contributed by atoms with Gasteiger partial charge in [-0.15, -0.1) is 11.3 Å². The molecular weight excluding hydrogens is 322 g/mol. The van der Waals surface area contributed by atoms with Gasteiger partial charge in [0.15, 0.2) is 0 Å². The third kappa shape index (κ3) is 3.16. The number of halogens is 1. The zero-order valence-electron chi connectivity index (χ0n) is 12.6. The molecule has 0 amide bonds. The lowest BCUT2D eigenvalue weighted by Crippen LogP contribution is -2.46. The van der Waals surface area contributed by atoms with Gasteiger partial charge in [-0.2, -0.15) is 5.10 Å². The van der Waals surface area contributed by atoms with Crippen molar-refractivity contribution in [3.8, 4) is 0 Å². The Bertz CT molecular complexity index is 720. The average Bonchev–Trinajstić information content (AvgIpc) is 2.91. The van der Waals surface area contributed by atoms with Gasteiger partial charge < -0.3 is 4.90 Å². The summed E-state index contributed by atoms with van der Waals surface area (Å²) in [6.07, 6.45) is 1.67. The van der Waals surface area contributed by atoms with Gasteiger partial charge in [0.2, 0.25) is 0 Å². The van der Waals surface area contributed by atoms with Crippen molar-refractivity contribution in [1.29, 1.82) is 0 Å². The molecule has 0 aromatic carbocycles. The van der Waals surface area contributed by atoms with Gasteiger partial charge in [0, 0.05) is 45.2 Å². The van der Waals surface area contributed by atoms with E-state index < -0.39 is 0 Å². The highest BCUT2D eigenvalue weighted by Gasteiger charge is 2.21. The highest BCUT2D eigenvalue weighted by molar-refractivity contribution is 7.09. The lowest BCUT2D eigenvalue weighted by atomic mass is 10.2. The van der Waals surface area contributed by atoms with E-state index >= 15 is 0 Å². The first-order chi connectivity index (χ1) is 10.5. The van der Waals surface area contributed by atoms with Crippen LogP contribution < -0.4 is 10.5 Å². The van der Waals surface area contributed by atoms with Gasteiger partial charge in [-0.3, -0.25) is 9.69 Å². The molecule has 22 heavy (non-hydrogen) atoms. The first-order valence-corrected chi connectivity index (χ1v) is 8.40. The van der Waals surface area contributed by atoms with Gasteiger partial charge in [-0.1, -0.05) is 11.6 Å². The molecule has 0 aliphatic carbocycles. The van der Waals surface area contributed by atoms with Crippen molar-refractivity contribution < 1.29 is 0 Å². The van der Waals surface area contributed by atoms with Crippen LogP contribution in [-0.4, -0.2) is 45.8 Å². The summed E-state index contributed by atoms with van der Waals surface area (Å²) in [6.45, 7) is 6.40. The summed E-state index contributed by atoms with van der Waals surface area (Å²) >= 11 is 7.85. The molecule has 0 radical (unpaired) electrons. The van der Waals surface area contributed by atoms with Crippen LogP contribution in [0.5, 0.6) is 0 Å². The predicted octanol–water partition coefficient (Wildman–Crippen LogP) is 1.52. The van der Waals surface area contributed by atoms with Crippen molar-refractivity contribution >= 4 is 28.6 Å². The number of piperazine rings is 1. The normalized spacial score (nSPS) is 16.2. The SMILES string of the molecule is Cc1nc(CN2CCN(c3cnn(C)c(=O)c3Cl)CC2)cs1. The van der Waals surface area contributed by atoms with E-state index in [2.05, 4.69) is 25.3 Å². The zero-order chi connectivity index (χ0) is 15.7. The molecule has 3 heterocycles. The maximum Gasteiger partial charge on any atom is 0.287 e. The summed E-state index contributed by atoms with van der Waals surface area (Å²) in [5.41, 5.74) is 1.61. The molecule has 0 atom stereocenters. The summed E-state index contributed by atoms with van der Waals surface area (Å²) in [4.78, 5) is 20.9. The average molecular weight is 340 g/mol. The van der Waals surface area contributed by atoms with Crippen molar-refractivity contribution in [2.75, 3.05) is 31.1 Å². The summed E-state index contributed by atoms with van der Waals surface area (Å²) in [5.74, 6) is 0. The minimum absolute atomic E-state index is 0.250. The minimum Gasteiger partial charge on any atom is -0.366 e. The molecule has 3 rings (SSSR count). The van der Waals surface area contributed by atoms with Crippen LogP contribution in [-0.2, 0) is 13.6 Å². The number of hydrogen-bond acceptors (Lipinski definition) is 6. The Morgan fingerprint density at radius 2 is 2.05 bits per heavy atom. The molecule has 2 aromatic rings. The number of rotatable bonds is 3. The Morgan fingerprint density at radius 3 is 2.68 bits per heavy atom. The highest BCUT2D eigenvalue weighted by Crippen LogP contribution is 2.22. The molecule has 1 saturated heterocycles. The van der Waals surface area contributed by atoms with Crippen LogP contribution in [0.1, 0.15) is 10.7 Å². The number of hydrogen-bond donors (Lipinski definition) is 0. The molecular formula is C14H18ClN5OS. The van der Waals surface area contributed by atoms with Gasteiger partial charge in [-0.25, -0.2) is 9.67 Å². The van der Waals surface area contributed by atoms with Crippen molar-refractivity contribution in [3.63, 3.8) is 0 Å². The van der Waals surface area contributed by atoms with E-state index in [4.69, 9.17) is 11.6 Å². The summed E-state index contributed by atoms with van der Waals surface area (Å²) in [7, 11) is 1.60. The number of anilines is 1. The molecule has 0 spiro atoms. The fourth-order valence-corrected chi connectivity index (χ4v) is 3.47. The Kier molecular flexibility index (Phi) is 4.46. The number of aryl methyl sites for hydroxylation is 2. The molecule has 8 heteroatoms. The second kappa shape index (κ2) is 6.36. The molecule has 118 valence electrons. The van der Waals surface area contributed by atoms with Crippen LogP contribution in [0, 0.1) is 6.92 Å². The summed E-state index contributed by atoms with van der Waals surface area (Å²) in [5, 5.41) is 7.53. The molecule has 6 nitrogen and oxygen atoms in total. The first-order valence-electron chi connectivity index (χ1n) is 7.14. The maximum atomic E-state index is 11.9. The topological polar surface area (TPSA) is 54.3 Å². The molecule has 0 saturated carbocycles. The lowest BCUT2D eigenvalue weighted by Gasteiger charge is -2.35. The van der Waals surface area contributed by atoms with E-state index in [-0.39, 0.29) is 10.6 Å². The Morgan fingerprint density at radius 1 is 1.32 bits per heavy atom. The van der Waals surface area contributed by atoms with E-state index in [1.807, 2.05) is 6.92 Å². The molecule has 1 fully saturated rings. The lowest BCUT2D eigenvalue weighted by molar-refractivity contribution is 0.247. The highest BCUT2D eigenvalue weighted by atomic mass is 35.5. The molecule has 0 unspecified atom stereocenters. The van der Waals surface area contributed by atoms with Crippen LogP contribution >= 0.6 is 22.9 Å². The number of nitrogens with zero attached hydrogens (tertiary/aromatic N) is 5. The minimum atomic E-state index is -0.250. The quantitative estimate of drug-likeness (QED) is 0.848. The smallest absolute Gasteiger partial charge is 0.287 e. The first kappa shape index (κ1) is 15.5. The van der Waals surface area contributed by atoms with Crippen LogP contribution in [0.15, 0.2) is 16.4 Å². The predicted molar refractivity (Wildman–Crippen MR) is 88.8 cm³/mol. The van der Waals surface area contributed by atoms with Gasteiger partial charge in [0.25, 0.3) is 5.56 Å². The van der Waals surface area contributed by atoms with Crippen LogP contribution in [0.3, 0.4) is 0 Å². The van der Waals surface area contributed by atoms with Gasteiger partial charge >= 0.3 is 0 Å². The number of aromatic nitrogens is 3. The van der Waals surface area contributed by atoms with E-state index in [1.165, 1.54) is 4.68 Å². The van der Waals surface area contributed by atoms with Gasteiger partial charge in [-0.05, 0) is 6.92 Å².